The number of benzene rings is 1. The number of nitro groups is 1. The van der Waals surface area contributed by atoms with Crippen LogP contribution in [0, 0.1) is 10.1 Å². The third-order valence-electron chi connectivity index (χ3n) is 2.49. The molecule has 10 heteroatoms. The van der Waals surface area contributed by atoms with Gasteiger partial charge in [-0.05, 0) is 25.2 Å². The van der Waals surface area contributed by atoms with Crippen molar-refractivity contribution in [1.82, 2.24) is 16.2 Å². The number of amides is 1. The van der Waals surface area contributed by atoms with Crippen LogP contribution in [-0.2, 0) is 4.74 Å². The number of carbonyl (C=O) groups excluding carboxylic acids is 1. The number of rotatable bonds is 5. The van der Waals surface area contributed by atoms with E-state index in [1.165, 1.54) is 12.1 Å². The lowest BCUT2D eigenvalue weighted by molar-refractivity contribution is -0.384. The molecule has 0 saturated carbocycles. The number of carbonyl (C=O) groups is 1. The quantitative estimate of drug-likeness (QED) is 0.420. The average Bonchev–Trinajstić information content (AvgIpc) is 2.45. The van der Waals surface area contributed by atoms with Crippen molar-refractivity contribution in [3.63, 3.8) is 0 Å². The van der Waals surface area contributed by atoms with E-state index < -0.39 is 10.8 Å². The van der Waals surface area contributed by atoms with E-state index in [1.807, 2.05) is 6.92 Å². The van der Waals surface area contributed by atoms with Gasteiger partial charge < -0.3 is 10.1 Å². The number of thiocarbonyl (C=S) groups is 1. The molecule has 22 heavy (non-hydrogen) atoms. The second kappa shape index (κ2) is 8.47. The number of ether oxygens (including phenoxy) is 1. The van der Waals surface area contributed by atoms with Gasteiger partial charge in [0.2, 0.25) is 0 Å². The Bertz CT molecular complexity index is 584. The number of hydrazine groups is 1. The minimum absolute atomic E-state index is 0.0314. The summed E-state index contributed by atoms with van der Waals surface area (Å²) in [5, 5.41) is 13.9. The van der Waals surface area contributed by atoms with Crippen LogP contribution >= 0.6 is 23.8 Å². The van der Waals surface area contributed by atoms with E-state index in [4.69, 9.17) is 28.6 Å². The fourth-order valence-corrected chi connectivity index (χ4v) is 1.99. The molecule has 1 aromatic carbocycles. The van der Waals surface area contributed by atoms with E-state index in [0.717, 1.165) is 6.07 Å². The fraction of sp³-hybridized carbons (Fsp3) is 0.333. The Labute approximate surface area is 137 Å². The number of hydrogen-bond acceptors (Lipinski definition) is 5. The van der Waals surface area contributed by atoms with Crippen molar-refractivity contribution < 1.29 is 14.5 Å². The van der Waals surface area contributed by atoms with Crippen molar-refractivity contribution in [3.8, 4) is 0 Å². The zero-order chi connectivity index (χ0) is 16.7. The SMILES string of the molecule is COC[C@@H](C)NC(=S)NNC(=O)c1cc([N+](=O)[O-])ccc1Cl. The molecular weight excluding hydrogens is 332 g/mol. The lowest BCUT2D eigenvalue weighted by Gasteiger charge is -2.16. The third kappa shape index (κ3) is 5.43. The molecule has 1 aromatic rings. The van der Waals surface area contributed by atoms with E-state index in [1.54, 1.807) is 7.11 Å². The fourth-order valence-electron chi connectivity index (χ4n) is 1.53. The molecule has 0 aliphatic heterocycles. The summed E-state index contributed by atoms with van der Waals surface area (Å²) in [6.07, 6.45) is 0. The second-order valence-electron chi connectivity index (χ2n) is 4.33. The molecule has 0 radical (unpaired) electrons. The van der Waals surface area contributed by atoms with Gasteiger partial charge in [0.05, 0.1) is 22.1 Å². The van der Waals surface area contributed by atoms with Crippen molar-refractivity contribution >= 4 is 40.5 Å². The summed E-state index contributed by atoms with van der Waals surface area (Å²) < 4.78 is 4.93. The molecule has 1 amide bonds. The molecule has 0 spiro atoms. The zero-order valence-corrected chi connectivity index (χ0v) is 13.5. The third-order valence-corrected chi connectivity index (χ3v) is 3.04. The van der Waals surface area contributed by atoms with E-state index >= 15 is 0 Å². The summed E-state index contributed by atoms with van der Waals surface area (Å²) in [6, 6.07) is 3.53. The van der Waals surface area contributed by atoms with Crippen LogP contribution in [0.2, 0.25) is 5.02 Å². The number of halogens is 1. The molecule has 0 fully saturated rings. The Morgan fingerprint density at radius 2 is 2.18 bits per heavy atom. The van der Waals surface area contributed by atoms with Gasteiger partial charge in [0, 0.05) is 25.3 Å². The number of nitro benzene ring substituents is 1. The lowest BCUT2D eigenvalue weighted by atomic mass is 10.2. The molecule has 0 bridgehead atoms. The van der Waals surface area contributed by atoms with Crippen LogP contribution < -0.4 is 16.2 Å². The van der Waals surface area contributed by atoms with Crippen LogP contribution in [0.1, 0.15) is 17.3 Å². The Morgan fingerprint density at radius 3 is 2.77 bits per heavy atom. The summed E-state index contributed by atoms with van der Waals surface area (Å²) in [5.74, 6) is -0.641. The number of methoxy groups -OCH3 is 1. The predicted molar refractivity (Wildman–Crippen MR) is 85.8 cm³/mol. The van der Waals surface area contributed by atoms with Crippen LogP contribution in [-0.4, -0.2) is 35.7 Å². The van der Waals surface area contributed by atoms with Crippen LogP contribution in [0.25, 0.3) is 0 Å². The van der Waals surface area contributed by atoms with Gasteiger partial charge in [0.1, 0.15) is 0 Å². The normalized spacial score (nSPS) is 11.4. The van der Waals surface area contributed by atoms with Crippen LogP contribution in [0.3, 0.4) is 0 Å². The predicted octanol–water partition coefficient (Wildman–Crippen LogP) is 1.39. The van der Waals surface area contributed by atoms with Crippen LogP contribution in [0.15, 0.2) is 18.2 Å². The molecule has 3 N–H and O–H groups in total. The summed E-state index contributed by atoms with van der Waals surface area (Å²) in [6.45, 7) is 2.28. The highest BCUT2D eigenvalue weighted by atomic mass is 35.5. The van der Waals surface area contributed by atoms with Gasteiger partial charge in [-0.1, -0.05) is 11.6 Å². The molecule has 8 nitrogen and oxygen atoms in total. The van der Waals surface area contributed by atoms with Crippen LogP contribution in [0.4, 0.5) is 5.69 Å². The monoisotopic (exact) mass is 346 g/mol. The first-order chi connectivity index (χ1) is 10.3. The van der Waals surface area contributed by atoms with Crippen molar-refractivity contribution in [2.45, 2.75) is 13.0 Å². The Balaban J connectivity index is 2.64. The topological polar surface area (TPSA) is 106 Å². The number of nitrogens with one attached hydrogen (secondary N) is 3. The first-order valence-corrected chi connectivity index (χ1v) is 6.93. The van der Waals surface area contributed by atoms with E-state index in [2.05, 4.69) is 16.2 Å². The highest BCUT2D eigenvalue weighted by molar-refractivity contribution is 7.80. The molecule has 0 saturated heterocycles. The first kappa shape index (κ1) is 18.1. The molecule has 0 aliphatic rings. The molecule has 0 aliphatic carbocycles. The van der Waals surface area contributed by atoms with Gasteiger partial charge in [-0.15, -0.1) is 0 Å². The maximum atomic E-state index is 12.0. The van der Waals surface area contributed by atoms with Crippen molar-refractivity contribution in [1.29, 1.82) is 0 Å². The number of nitrogens with zero attached hydrogens (tertiary/aromatic N) is 1. The average molecular weight is 347 g/mol. The maximum absolute atomic E-state index is 12.0. The molecule has 1 atom stereocenters. The van der Waals surface area contributed by atoms with E-state index in [-0.39, 0.29) is 27.4 Å². The van der Waals surface area contributed by atoms with Gasteiger partial charge in [-0.3, -0.25) is 25.8 Å². The van der Waals surface area contributed by atoms with Gasteiger partial charge in [-0.25, -0.2) is 0 Å². The van der Waals surface area contributed by atoms with E-state index in [0.29, 0.717) is 6.61 Å². The second-order valence-corrected chi connectivity index (χ2v) is 5.15. The molecule has 0 unspecified atom stereocenters. The zero-order valence-electron chi connectivity index (χ0n) is 11.9. The van der Waals surface area contributed by atoms with Crippen molar-refractivity contribution in [2.24, 2.45) is 0 Å². The Hall–Kier alpha value is -1.97. The summed E-state index contributed by atoms with van der Waals surface area (Å²) in [5.41, 5.74) is 4.53. The maximum Gasteiger partial charge on any atom is 0.271 e. The molecule has 1 rings (SSSR count). The highest BCUT2D eigenvalue weighted by Gasteiger charge is 2.16. The van der Waals surface area contributed by atoms with Gasteiger partial charge in [0.25, 0.3) is 11.6 Å². The van der Waals surface area contributed by atoms with Gasteiger partial charge >= 0.3 is 0 Å². The minimum Gasteiger partial charge on any atom is -0.383 e. The number of non-ortho nitro benzene ring substituents is 1. The first-order valence-electron chi connectivity index (χ1n) is 6.15. The minimum atomic E-state index is -0.641. The van der Waals surface area contributed by atoms with Crippen LogP contribution in [0.5, 0.6) is 0 Å². The summed E-state index contributed by atoms with van der Waals surface area (Å²) >= 11 is 10.8. The smallest absolute Gasteiger partial charge is 0.271 e. The summed E-state index contributed by atoms with van der Waals surface area (Å²) in [4.78, 5) is 22.1. The van der Waals surface area contributed by atoms with Crippen molar-refractivity contribution in [2.75, 3.05) is 13.7 Å². The van der Waals surface area contributed by atoms with E-state index in [9.17, 15) is 14.9 Å². The molecule has 0 aromatic heterocycles. The Morgan fingerprint density at radius 1 is 1.50 bits per heavy atom. The van der Waals surface area contributed by atoms with Gasteiger partial charge in [0.15, 0.2) is 5.11 Å². The largest absolute Gasteiger partial charge is 0.383 e. The Kier molecular flexibility index (Phi) is 6.96. The number of hydrogen-bond donors (Lipinski definition) is 3. The molecular formula is C12H15ClN4O4S. The standard InChI is InChI=1S/C12H15ClN4O4S/c1-7(6-21-2)14-12(22)16-15-11(18)9-5-8(17(19)20)3-4-10(9)13/h3-5,7H,6H2,1-2H3,(H,15,18)(H2,14,16,22)/t7-/m1/s1. The van der Waals surface area contributed by atoms with Crippen molar-refractivity contribution in [3.05, 3.63) is 38.9 Å². The summed E-state index contributed by atoms with van der Waals surface area (Å²) in [7, 11) is 1.56. The lowest BCUT2D eigenvalue weighted by Crippen LogP contribution is -2.50. The molecule has 0 heterocycles. The molecule has 120 valence electrons. The highest BCUT2D eigenvalue weighted by Crippen LogP contribution is 2.21. The van der Waals surface area contributed by atoms with Gasteiger partial charge in [-0.2, -0.15) is 0 Å².